The Morgan fingerprint density at radius 3 is 2.86 bits per heavy atom. The van der Waals surface area contributed by atoms with Gasteiger partial charge in [0.05, 0.1) is 11.2 Å². The molecule has 0 aromatic carbocycles. The van der Waals surface area contributed by atoms with Crippen molar-refractivity contribution < 1.29 is 0 Å². The lowest BCUT2D eigenvalue weighted by Crippen LogP contribution is -2.14. The summed E-state index contributed by atoms with van der Waals surface area (Å²) in [6.07, 6.45) is 4.94. The number of hydrogen-bond donors (Lipinski definition) is 2. The van der Waals surface area contributed by atoms with Gasteiger partial charge in [-0.05, 0) is 25.9 Å². The zero-order chi connectivity index (χ0) is 10.1. The highest BCUT2D eigenvalue weighted by molar-refractivity contribution is 7.07. The SMILES string of the molecule is NCCCCCCNCc1cscn1. The first-order valence-electron chi connectivity index (χ1n) is 5.21. The molecule has 80 valence electrons. The second-order valence-electron chi connectivity index (χ2n) is 3.36. The van der Waals surface area contributed by atoms with E-state index in [1.807, 2.05) is 5.51 Å². The highest BCUT2D eigenvalue weighted by atomic mass is 32.1. The van der Waals surface area contributed by atoms with Gasteiger partial charge in [0.1, 0.15) is 0 Å². The molecule has 1 rings (SSSR count). The van der Waals surface area contributed by atoms with Gasteiger partial charge in [0, 0.05) is 11.9 Å². The van der Waals surface area contributed by atoms with E-state index in [4.69, 9.17) is 5.73 Å². The Labute approximate surface area is 89.7 Å². The minimum absolute atomic E-state index is 0.826. The van der Waals surface area contributed by atoms with E-state index in [0.717, 1.165) is 31.7 Å². The Hall–Kier alpha value is -0.450. The van der Waals surface area contributed by atoms with Gasteiger partial charge in [-0.2, -0.15) is 0 Å². The van der Waals surface area contributed by atoms with E-state index < -0.39 is 0 Å². The van der Waals surface area contributed by atoms with Crippen LogP contribution in [0.5, 0.6) is 0 Å². The van der Waals surface area contributed by atoms with Crippen LogP contribution < -0.4 is 11.1 Å². The van der Waals surface area contributed by atoms with Crippen molar-refractivity contribution in [3.63, 3.8) is 0 Å². The van der Waals surface area contributed by atoms with Crippen LogP contribution in [0, 0.1) is 0 Å². The molecule has 3 N–H and O–H groups in total. The molecule has 3 nitrogen and oxygen atoms in total. The van der Waals surface area contributed by atoms with Crippen molar-refractivity contribution in [1.82, 2.24) is 10.3 Å². The van der Waals surface area contributed by atoms with Crippen LogP contribution >= 0.6 is 11.3 Å². The number of nitrogens with one attached hydrogen (secondary N) is 1. The number of rotatable bonds is 8. The first-order chi connectivity index (χ1) is 6.93. The van der Waals surface area contributed by atoms with Gasteiger partial charge in [-0.3, -0.25) is 0 Å². The molecule has 14 heavy (non-hydrogen) atoms. The van der Waals surface area contributed by atoms with E-state index in [2.05, 4.69) is 15.7 Å². The van der Waals surface area contributed by atoms with Gasteiger partial charge in [-0.15, -0.1) is 11.3 Å². The van der Waals surface area contributed by atoms with Crippen LogP contribution in [0.15, 0.2) is 10.9 Å². The van der Waals surface area contributed by atoms with Crippen molar-refractivity contribution in [3.05, 3.63) is 16.6 Å². The van der Waals surface area contributed by atoms with Crippen LogP contribution in [0.4, 0.5) is 0 Å². The average Bonchev–Trinajstić information content (AvgIpc) is 2.69. The van der Waals surface area contributed by atoms with Crippen LogP contribution in [0.2, 0.25) is 0 Å². The molecule has 0 aliphatic carbocycles. The first-order valence-corrected chi connectivity index (χ1v) is 6.15. The van der Waals surface area contributed by atoms with Crippen LogP contribution in [0.25, 0.3) is 0 Å². The molecule has 0 atom stereocenters. The highest BCUT2D eigenvalue weighted by Gasteiger charge is 1.93. The standard InChI is InChI=1S/C10H19N3S/c11-5-3-1-2-4-6-12-7-10-8-14-9-13-10/h8-9,12H,1-7,11H2. The fourth-order valence-electron chi connectivity index (χ4n) is 1.29. The molecular weight excluding hydrogens is 194 g/mol. The second-order valence-corrected chi connectivity index (χ2v) is 4.08. The van der Waals surface area contributed by atoms with Crippen LogP contribution in [0.3, 0.4) is 0 Å². The minimum Gasteiger partial charge on any atom is -0.330 e. The maximum Gasteiger partial charge on any atom is 0.0795 e. The molecule has 0 saturated heterocycles. The molecule has 1 aromatic heterocycles. The number of thiazole rings is 1. The maximum absolute atomic E-state index is 5.41. The third-order valence-corrected chi connectivity index (χ3v) is 2.73. The van der Waals surface area contributed by atoms with Crippen molar-refractivity contribution in [2.45, 2.75) is 32.2 Å². The molecule has 0 fully saturated rings. The second kappa shape index (κ2) is 7.91. The summed E-state index contributed by atoms with van der Waals surface area (Å²) in [5.74, 6) is 0. The van der Waals surface area contributed by atoms with Crippen molar-refractivity contribution in [2.75, 3.05) is 13.1 Å². The quantitative estimate of drug-likeness (QED) is 0.647. The van der Waals surface area contributed by atoms with Crippen LogP contribution in [0.1, 0.15) is 31.4 Å². The van der Waals surface area contributed by atoms with Crippen LogP contribution in [-0.4, -0.2) is 18.1 Å². The zero-order valence-electron chi connectivity index (χ0n) is 8.54. The molecule has 1 heterocycles. The van der Waals surface area contributed by atoms with Crippen molar-refractivity contribution >= 4 is 11.3 Å². The van der Waals surface area contributed by atoms with E-state index >= 15 is 0 Å². The summed E-state index contributed by atoms with van der Waals surface area (Å²) >= 11 is 1.65. The molecule has 0 aliphatic heterocycles. The predicted octanol–water partition coefficient (Wildman–Crippen LogP) is 1.75. The lowest BCUT2D eigenvalue weighted by molar-refractivity contribution is 0.587. The van der Waals surface area contributed by atoms with Crippen LogP contribution in [-0.2, 0) is 6.54 Å². The summed E-state index contributed by atoms with van der Waals surface area (Å²) in [5.41, 5.74) is 8.43. The third kappa shape index (κ3) is 5.32. The van der Waals surface area contributed by atoms with E-state index in [1.54, 1.807) is 11.3 Å². The van der Waals surface area contributed by atoms with E-state index in [-0.39, 0.29) is 0 Å². The monoisotopic (exact) mass is 213 g/mol. The van der Waals surface area contributed by atoms with E-state index in [1.165, 1.54) is 19.3 Å². The maximum atomic E-state index is 5.41. The number of unbranched alkanes of at least 4 members (excludes halogenated alkanes) is 3. The molecule has 0 amide bonds. The number of hydrogen-bond acceptors (Lipinski definition) is 4. The zero-order valence-corrected chi connectivity index (χ0v) is 9.35. The Morgan fingerprint density at radius 2 is 2.14 bits per heavy atom. The molecule has 4 heteroatoms. The van der Waals surface area contributed by atoms with Gasteiger partial charge in [-0.25, -0.2) is 4.98 Å². The molecule has 0 bridgehead atoms. The normalized spacial score (nSPS) is 10.6. The number of nitrogens with zero attached hydrogens (tertiary/aromatic N) is 1. The summed E-state index contributed by atoms with van der Waals surface area (Å²) in [4.78, 5) is 4.20. The molecule has 1 aromatic rings. The summed E-state index contributed by atoms with van der Waals surface area (Å²) in [6.45, 7) is 2.81. The summed E-state index contributed by atoms with van der Waals surface area (Å²) in [6, 6.07) is 0. The van der Waals surface area contributed by atoms with Gasteiger partial charge in [0.2, 0.25) is 0 Å². The average molecular weight is 213 g/mol. The fraction of sp³-hybridized carbons (Fsp3) is 0.700. The number of nitrogens with two attached hydrogens (primary N) is 1. The molecular formula is C10H19N3S. The molecule has 0 aliphatic rings. The lowest BCUT2D eigenvalue weighted by atomic mass is 10.2. The van der Waals surface area contributed by atoms with E-state index in [0.29, 0.717) is 0 Å². The van der Waals surface area contributed by atoms with Gasteiger partial charge in [0.15, 0.2) is 0 Å². The molecule has 0 saturated carbocycles. The minimum atomic E-state index is 0.826. The summed E-state index contributed by atoms with van der Waals surface area (Å²) < 4.78 is 0. The Bertz CT molecular complexity index is 211. The van der Waals surface area contributed by atoms with Gasteiger partial charge < -0.3 is 11.1 Å². The topological polar surface area (TPSA) is 50.9 Å². The van der Waals surface area contributed by atoms with E-state index in [9.17, 15) is 0 Å². The summed E-state index contributed by atoms with van der Waals surface area (Å²) in [7, 11) is 0. The Balaban J connectivity index is 1.85. The van der Waals surface area contributed by atoms with Crippen molar-refractivity contribution in [2.24, 2.45) is 5.73 Å². The van der Waals surface area contributed by atoms with Gasteiger partial charge in [0.25, 0.3) is 0 Å². The lowest BCUT2D eigenvalue weighted by Gasteiger charge is -2.02. The largest absolute Gasteiger partial charge is 0.330 e. The smallest absolute Gasteiger partial charge is 0.0795 e. The summed E-state index contributed by atoms with van der Waals surface area (Å²) in [5, 5.41) is 5.46. The molecule has 0 unspecified atom stereocenters. The number of aromatic nitrogens is 1. The molecule has 0 spiro atoms. The first kappa shape index (κ1) is 11.6. The van der Waals surface area contributed by atoms with Crippen molar-refractivity contribution in [1.29, 1.82) is 0 Å². The van der Waals surface area contributed by atoms with Gasteiger partial charge >= 0.3 is 0 Å². The fourth-order valence-corrected chi connectivity index (χ4v) is 1.85. The van der Waals surface area contributed by atoms with Crippen molar-refractivity contribution in [3.8, 4) is 0 Å². The Morgan fingerprint density at radius 1 is 1.29 bits per heavy atom. The Kier molecular flexibility index (Phi) is 6.57. The third-order valence-electron chi connectivity index (χ3n) is 2.10. The van der Waals surface area contributed by atoms with Gasteiger partial charge in [-0.1, -0.05) is 12.8 Å². The predicted molar refractivity (Wildman–Crippen MR) is 61.3 cm³/mol. The highest BCUT2D eigenvalue weighted by Crippen LogP contribution is 2.00. The molecule has 0 radical (unpaired) electrons.